The highest BCUT2D eigenvalue weighted by atomic mass is 35.5. The molecule has 3 rings (SSSR count). The number of nitrogens with zero attached hydrogens (tertiary/aromatic N) is 1. The van der Waals surface area contributed by atoms with E-state index in [0.717, 1.165) is 11.1 Å². The number of nitrogens with one attached hydrogen (secondary N) is 1. The monoisotopic (exact) mass is 362 g/mol. The van der Waals surface area contributed by atoms with Crippen molar-refractivity contribution in [1.29, 1.82) is 0 Å². The van der Waals surface area contributed by atoms with Crippen molar-refractivity contribution in [3.63, 3.8) is 0 Å². The highest BCUT2D eigenvalue weighted by molar-refractivity contribution is 7.86. The van der Waals surface area contributed by atoms with E-state index < -0.39 is 11.0 Å². The van der Waals surface area contributed by atoms with Gasteiger partial charge in [-0.05, 0) is 47.5 Å². The van der Waals surface area contributed by atoms with Gasteiger partial charge in [-0.3, -0.25) is 4.72 Å². The molecule has 1 unspecified atom stereocenters. The van der Waals surface area contributed by atoms with E-state index in [2.05, 4.69) is 9.71 Å². The van der Waals surface area contributed by atoms with E-state index >= 15 is 0 Å². The lowest BCUT2D eigenvalue weighted by Gasteiger charge is -2.08. The van der Waals surface area contributed by atoms with Gasteiger partial charge in [0, 0.05) is 6.20 Å². The molecule has 23 heavy (non-hydrogen) atoms. The summed E-state index contributed by atoms with van der Waals surface area (Å²) in [4.78, 5) is 4.90. The van der Waals surface area contributed by atoms with Crippen LogP contribution in [0.5, 0.6) is 0 Å². The van der Waals surface area contributed by atoms with Crippen LogP contribution in [-0.2, 0) is 11.0 Å². The minimum atomic E-state index is -1.37. The van der Waals surface area contributed by atoms with Gasteiger partial charge in [-0.2, -0.15) is 0 Å². The molecule has 3 aromatic rings. The van der Waals surface area contributed by atoms with Crippen LogP contribution in [0.4, 0.5) is 5.82 Å². The van der Waals surface area contributed by atoms with Gasteiger partial charge in [0.05, 0.1) is 14.9 Å². The average Bonchev–Trinajstić information content (AvgIpc) is 2.58. The van der Waals surface area contributed by atoms with Crippen molar-refractivity contribution in [2.75, 3.05) is 4.72 Å². The molecule has 1 heterocycles. The smallest absolute Gasteiger partial charge is 0.151 e. The summed E-state index contributed by atoms with van der Waals surface area (Å²) in [5.74, 6) is 0.524. The van der Waals surface area contributed by atoms with Crippen LogP contribution in [0.2, 0.25) is 10.0 Å². The lowest BCUT2D eigenvalue weighted by atomic mass is 10.1. The fourth-order valence-electron chi connectivity index (χ4n) is 2.04. The summed E-state index contributed by atoms with van der Waals surface area (Å²) in [6, 6.07) is 18.2. The Morgan fingerprint density at radius 3 is 2.35 bits per heavy atom. The van der Waals surface area contributed by atoms with E-state index in [9.17, 15) is 4.21 Å². The van der Waals surface area contributed by atoms with Crippen LogP contribution in [0, 0.1) is 0 Å². The quantitative estimate of drug-likeness (QED) is 0.693. The van der Waals surface area contributed by atoms with Gasteiger partial charge in [0.1, 0.15) is 5.82 Å². The zero-order valence-corrected chi connectivity index (χ0v) is 14.2. The van der Waals surface area contributed by atoms with Crippen molar-refractivity contribution in [1.82, 2.24) is 4.98 Å². The second-order valence-corrected chi connectivity index (χ2v) is 6.77. The Hall–Kier alpha value is -1.88. The molecule has 2 aromatic carbocycles. The average molecular weight is 363 g/mol. The Bertz CT molecular complexity index is 856. The first kappa shape index (κ1) is 16.0. The van der Waals surface area contributed by atoms with Gasteiger partial charge >= 0.3 is 0 Å². The first-order valence-electron chi connectivity index (χ1n) is 6.78. The summed E-state index contributed by atoms with van der Waals surface area (Å²) < 4.78 is 15.2. The van der Waals surface area contributed by atoms with Crippen molar-refractivity contribution in [3.8, 4) is 11.1 Å². The summed E-state index contributed by atoms with van der Waals surface area (Å²) >= 11 is 12.0. The van der Waals surface area contributed by atoms with Crippen LogP contribution >= 0.6 is 23.2 Å². The summed E-state index contributed by atoms with van der Waals surface area (Å²) in [6.07, 6.45) is 1.66. The van der Waals surface area contributed by atoms with Gasteiger partial charge < -0.3 is 0 Å². The molecule has 0 radical (unpaired) electrons. The van der Waals surface area contributed by atoms with Crippen LogP contribution < -0.4 is 4.72 Å². The van der Waals surface area contributed by atoms with Gasteiger partial charge in [-0.25, -0.2) is 9.19 Å². The van der Waals surface area contributed by atoms with Gasteiger partial charge in [-0.15, -0.1) is 0 Å². The van der Waals surface area contributed by atoms with E-state index in [0.29, 0.717) is 20.8 Å². The van der Waals surface area contributed by atoms with E-state index in [1.807, 2.05) is 36.4 Å². The zero-order valence-electron chi connectivity index (χ0n) is 11.9. The molecule has 3 nitrogen and oxygen atoms in total. The Kier molecular flexibility index (Phi) is 4.96. The number of anilines is 1. The van der Waals surface area contributed by atoms with Crippen molar-refractivity contribution >= 4 is 40.0 Å². The Balaban J connectivity index is 1.85. The molecule has 1 atom stereocenters. The maximum atomic E-state index is 12.3. The summed E-state index contributed by atoms with van der Waals surface area (Å²) in [5.41, 5.74) is 1.82. The minimum absolute atomic E-state index is 0.489. The van der Waals surface area contributed by atoms with E-state index in [-0.39, 0.29) is 0 Å². The van der Waals surface area contributed by atoms with Crippen molar-refractivity contribution in [2.24, 2.45) is 0 Å². The molecule has 0 amide bonds. The molecule has 6 heteroatoms. The number of hydrogen-bond acceptors (Lipinski definition) is 2. The standard InChI is InChI=1S/C17H12Cl2N2OS/c18-15-7-6-12(10-16(15)19)13-8-9-20-17(11-13)21-23(22)14-4-2-1-3-5-14/h1-11H,(H,20,21). The minimum Gasteiger partial charge on any atom is -0.285 e. The van der Waals surface area contributed by atoms with Gasteiger partial charge in [0.25, 0.3) is 0 Å². The number of benzene rings is 2. The predicted molar refractivity (Wildman–Crippen MR) is 96.2 cm³/mol. The molecule has 1 aromatic heterocycles. The third-order valence-corrected chi connectivity index (χ3v) is 5.00. The summed E-state index contributed by atoms with van der Waals surface area (Å²) in [7, 11) is -1.37. The van der Waals surface area contributed by atoms with Crippen molar-refractivity contribution in [2.45, 2.75) is 4.90 Å². The summed E-state index contributed by atoms with van der Waals surface area (Å²) in [6.45, 7) is 0. The fourth-order valence-corrected chi connectivity index (χ4v) is 3.16. The first-order chi connectivity index (χ1) is 11.1. The molecular formula is C17H12Cl2N2OS. The second kappa shape index (κ2) is 7.13. The molecule has 0 aliphatic rings. The van der Waals surface area contributed by atoms with Gasteiger partial charge in [-0.1, -0.05) is 47.5 Å². The highest BCUT2D eigenvalue weighted by Gasteiger charge is 2.07. The molecule has 0 aliphatic carbocycles. The maximum Gasteiger partial charge on any atom is 0.151 e. The van der Waals surface area contributed by atoms with Gasteiger partial charge in [0.15, 0.2) is 11.0 Å². The molecule has 0 fully saturated rings. The van der Waals surface area contributed by atoms with E-state index in [4.69, 9.17) is 23.2 Å². The Labute approximate surface area is 146 Å². The van der Waals surface area contributed by atoms with Gasteiger partial charge in [0.2, 0.25) is 0 Å². The summed E-state index contributed by atoms with van der Waals surface area (Å²) in [5, 5.41) is 0.997. The molecule has 0 bridgehead atoms. The Morgan fingerprint density at radius 2 is 1.61 bits per heavy atom. The lowest BCUT2D eigenvalue weighted by molar-refractivity contribution is 0.686. The van der Waals surface area contributed by atoms with Crippen LogP contribution in [0.3, 0.4) is 0 Å². The van der Waals surface area contributed by atoms with Crippen LogP contribution in [0.25, 0.3) is 11.1 Å². The number of rotatable bonds is 4. The van der Waals surface area contributed by atoms with Crippen LogP contribution in [-0.4, -0.2) is 9.19 Å². The normalized spacial score (nSPS) is 11.9. The first-order valence-corrected chi connectivity index (χ1v) is 8.69. The zero-order chi connectivity index (χ0) is 16.2. The van der Waals surface area contributed by atoms with Crippen molar-refractivity contribution < 1.29 is 4.21 Å². The van der Waals surface area contributed by atoms with Crippen LogP contribution in [0.1, 0.15) is 0 Å². The molecule has 0 spiro atoms. The lowest BCUT2D eigenvalue weighted by Crippen LogP contribution is -2.05. The fraction of sp³-hybridized carbons (Fsp3) is 0. The maximum absolute atomic E-state index is 12.3. The molecule has 0 saturated heterocycles. The number of halogens is 2. The van der Waals surface area contributed by atoms with E-state index in [1.165, 1.54) is 0 Å². The van der Waals surface area contributed by atoms with E-state index in [1.54, 1.807) is 30.5 Å². The third kappa shape index (κ3) is 3.91. The molecule has 0 saturated carbocycles. The Morgan fingerprint density at radius 1 is 0.870 bits per heavy atom. The van der Waals surface area contributed by atoms with Crippen LogP contribution in [0.15, 0.2) is 71.8 Å². The van der Waals surface area contributed by atoms with Crippen molar-refractivity contribution in [3.05, 3.63) is 76.9 Å². The highest BCUT2D eigenvalue weighted by Crippen LogP contribution is 2.29. The number of pyridine rings is 1. The molecular weight excluding hydrogens is 351 g/mol. The molecule has 1 N–H and O–H groups in total. The molecule has 116 valence electrons. The number of hydrogen-bond donors (Lipinski definition) is 1. The topological polar surface area (TPSA) is 42.0 Å². The second-order valence-electron chi connectivity index (χ2n) is 4.74. The third-order valence-electron chi connectivity index (χ3n) is 3.17. The predicted octanol–water partition coefficient (Wildman–Crippen LogP) is 5.19. The molecule has 0 aliphatic heterocycles. The number of aromatic nitrogens is 1. The largest absolute Gasteiger partial charge is 0.285 e. The SMILES string of the molecule is O=S(Nc1cc(-c2ccc(Cl)c(Cl)c2)ccn1)c1ccccc1.